The summed E-state index contributed by atoms with van der Waals surface area (Å²) in [6, 6.07) is 0. The van der Waals surface area contributed by atoms with Crippen LogP contribution in [0.4, 0.5) is 13.2 Å². The molecule has 0 bridgehead atoms. The molecule has 3 aromatic heterocycles. The van der Waals surface area contributed by atoms with Crippen molar-refractivity contribution in [2.45, 2.75) is 19.6 Å². The van der Waals surface area contributed by atoms with Crippen LogP contribution in [0.15, 0.2) is 21.9 Å². The standard InChI is InChI=1S/C11H7F3N4O2S/c1-5-7-9(21-17-5)15-4-18(10(7)19)2-6-3-20-16-8(6)11(12,13)14/h3-4H,2H2,1H3. The first-order valence-electron chi connectivity index (χ1n) is 5.70. The van der Waals surface area contributed by atoms with Crippen LogP contribution in [0.25, 0.3) is 10.2 Å². The van der Waals surface area contributed by atoms with Crippen LogP contribution in [-0.4, -0.2) is 19.1 Å². The molecule has 3 aromatic rings. The summed E-state index contributed by atoms with van der Waals surface area (Å²) >= 11 is 1.07. The van der Waals surface area contributed by atoms with Gasteiger partial charge in [0, 0.05) is 5.56 Å². The average molecular weight is 316 g/mol. The van der Waals surface area contributed by atoms with E-state index in [1.807, 2.05) is 0 Å². The summed E-state index contributed by atoms with van der Waals surface area (Å²) in [6.45, 7) is 1.32. The highest BCUT2D eigenvalue weighted by Crippen LogP contribution is 2.30. The molecule has 0 N–H and O–H groups in total. The van der Waals surface area contributed by atoms with Gasteiger partial charge in [-0.05, 0) is 18.5 Å². The second-order valence-corrected chi connectivity index (χ2v) is 5.06. The molecule has 0 atom stereocenters. The number of halogens is 3. The van der Waals surface area contributed by atoms with Gasteiger partial charge in [0.05, 0.1) is 24.0 Å². The van der Waals surface area contributed by atoms with Crippen molar-refractivity contribution in [1.82, 2.24) is 19.1 Å². The highest BCUT2D eigenvalue weighted by molar-refractivity contribution is 7.12. The largest absolute Gasteiger partial charge is 0.437 e. The van der Waals surface area contributed by atoms with E-state index in [1.165, 1.54) is 6.33 Å². The van der Waals surface area contributed by atoms with E-state index in [2.05, 4.69) is 19.0 Å². The summed E-state index contributed by atoms with van der Waals surface area (Å²) in [4.78, 5) is 16.7. The maximum absolute atomic E-state index is 12.7. The van der Waals surface area contributed by atoms with Gasteiger partial charge < -0.3 is 4.52 Å². The van der Waals surface area contributed by atoms with Crippen LogP contribution < -0.4 is 5.56 Å². The van der Waals surface area contributed by atoms with Crippen LogP contribution in [0.5, 0.6) is 0 Å². The third kappa shape index (κ3) is 2.31. The molecule has 3 rings (SSSR count). The number of hydrogen-bond acceptors (Lipinski definition) is 6. The van der Waals surface area contributed by atoms with Crippen molar-refractivity contribution in [3.8, 4) is 0 Å². The van der Waals surface area contributed by atoms with Crippen molar-refractivity contribution >= 4 is 21.7 Å². The summed E-state index contributed by atoms with van der Waals surface area (Å²) in [7, 11) is 0. The number of hydrogen-bond donors (Lipinski definition) is 0. The van der Waals surface area contributed by atoms with Crippen LogP contribution in [0.1, 0.15) is 17.0 Å². The van der Waals surface area contributed by atoms with Crippen LogP contribution >= 0.6 is 11.5 Å². The van der Waals surface area contributed by atoms with E-state index in [-0.39, 0.29) is 12.1 Å². The van der Waals surface area contributed by atoms with Gasteiger partial charge in [-0.25, -0.2) is 4.98 Å². The quantitative estimate of drug-likeness (QED) is 0.725. The lowest BCUT2D eigenvalue weighted by Gasteiger charge is -2.06. The Morgan fingerprint density at radius 2 is 2.19 bits per heavy atom. The van der Waals surface area contributed by atoms with Crippen LogP contribution in [-0.2, 0) is 12.7 Å². The summed E-state index contributed by atoms with van der Waals surface area (Å²) in [6.07, 6.45) is -2.57. The Morgan fingerprint density at radius 1 is 1.43 bits per heavy atom. The van der Waals surface area contributed by atoms with E-state index in [9.17, 15) is 18.0 Å². The fourth-order valence-electron chi connectivity index (χ4n) is 1.91. The molecule has 0 amide bonds. The Labute approximate surface area is 119 Å². The van der Waals surface area contributed by atoms with E-state index in [1.54, 1.807) is 6.92 Å². The molecular weight excluding hydrogens is 309 g/mol. The lowest BCUT2D eigenvalue weighted by Crippen LogP contribution is -2.22. The van der Waals surface area contributed by atoms with Crippen molar-refractivity contribution < 1.29 is 17.7 Å². The summed E-state index contributed by atoms with van der Waals surface area (Å²) < 4.78 is 47.6. The molecule has 0 spiro atoms. The Kier molecular flexibility index (Phi) is 3.04. The normalized spacial score (nSPS) is 12.2. The fourth-order valence-corrected chi connectivity index (χ4v) is 2.64. The number of aryl methyl sites for hydroxylation is 1. The van der Waals surface area contributed by atoms with Gasteiger partial charge in [-0.3, -0.25) is 9.36 Å². The van der Waals surface area contributed by atoms with Gasteiger partial charge in [-0.15, -0.1) is 0 Å². The molecule has 0 aliphatic heterocycles. The van der Waals surface area contributed by atoms with Crippen molar-refractivity contribution in [1.29, 1.82) is 0 Å². The number of aromatic nitrogens is 4. The molecule has 0 unspecified atom stereocenters. The third-order valence-electron chi connectivity index (χ3n) is 2.89. The smallest absolute Gasteiger partial charge is 0.364 e. The molecule has 0 aliphatic carbocycles. The summed E-state index contributed by atoms with van der Waals surface area (Å²) in [5.41, 5.74) is -1.31. The number of fused-ring (bicyclic) bond motifs is 1. The summed E-state index contributed by atoms with van der Waals surface area (Å²) in [5.74, 6) is 0. The number of nitrogens with zero attached hydrogens (tertiary/aromatic N) is 4. The minimum absolute atomic E-state index is 0.230. The first kappa shape index (κ1) is 13.7. The molecule has 21 heavy (non-hydrogen) atoms. The highest BCUT2D eigenvalue weighted by atomic mass is 32.1. The lowest BCUT2D eigenvalue weighted by molar-refractivity contribution is -0.143. The fraction of sp³-hybridized carbons (Fsp3) is 0.273. The number of alkyl halides is 3. The molecule has 10 heteroatoms. The molecule has 0 aliphatic rings. The topological polar surface area (TPSA) is 73.8 Å². The average Bonchev–Trinajstić information content (AvgIpc) is 3.00. The van der Waals surface area contributed by atoms with Gasteiger partial charge in [-0.1, -0.05) is 5.16 Å². The molecule has 0 saturated carbocycles. The lowest BCUT2D eigenvalue weighted by atomic mass is 10.2. The SMILES string of the molecule is Cc1nsc2ncn(Cc3conc3C(F)(F)F)c(=O)c12. The Balaban J connectivity index is 2.07. The molecule has 3 heterocycles. The number of rotatable bonds is 2. The predicted molar refractivity (Wildman–Crippen MR) is 67.0 cm³/mol. The van der Waals surface area contributed by atoms with Crippen LogP contribution in [0.3, 0.4) is 0 Å². The van der Waals surface area contributed by atoms with E-state index in [0.29, 0.717) is 15.9 Å². The van der Waals surface area contributed by atoms with Crippen molar-refractivity contribution in [2.24, 2.45) is 0 Å². The van der Waals surface area contributed by atoms with Gasteiger partial charge in [0.25, 0.3) is 5.56 Å². The van der Waals surface area contributed by atoms with Crippen molar-refractivity contribution in [3.05, 3.63) is 39.9 Å². The monoisotopic (exact) mass is 316 g/mol. The highest BCUT2D eigenvalue weighted by Gasteiger charge is 2.37. The van der Waals surface area contributed by atoms with Crippen molar-refractivity contribution in [3.63, 3.8) is 0 Å². The zero-order valence-electron chi connectivity index (χ0n) is 10.5. The van der Waals surface area contributed by atoms with Gasteiger partial charge in [-0.2, -0.15) is 17.5 Å². The van der Waals surface area contributed by atoms with E-state index < -0.39 is 17.4 Å². The molecule has 110 valence electrons. The van der Waals surface area contributed by atoms with Crippen LogP contribution in [0.2, 0.25) is 0 Å². The zero-order valence-corrected chi connectivity index (χ0v) is 11.3. The van der Waals surface area contributed by atoms with E-state index >= 15 is 0 Å². The minimum atomic E-state index is -4.64. The van der Waals surface area contributed by atoms with Crippen molar-refractivity contribution in [2.75, 3.05) is 0 Å². The zero-order chi connectivity index (χ0) is 15.2. The second-order valence-electron chi connectivity index (χ2n) is 4.31. The van der Waals surface area contributed by atoms with E-state index in [0.717, 1.165) is 22.4 Å². The van der Waals surface area contributed by atoms with Gasteiger partial charge >= 0.3 is 6.18 Å². The van der Waals surface area contributed by atoms with Gasteiger partial charge in [0.2, 0.25) is 0 Å². The molecular formula is C11H7F3N4O2S. The summed E-state index contributed by atoms with van der Waals surface area (Å²) in [5, 5.41) is 3.25. The van der Waals surface area contributed by atoms with Crippen LogP contribution in [0, 0.1) is 6.92 Å². The maximum atomic E-state index is 12.7. The predicted octanol–water partition coefficient (Wildman–Crippen LogP) is 2.22. The molecule has 0 radical (unpaired) electrons. The Bertz CT molecular complexity index is 864. The molecule has 6 nitrogen and oxygen atoms in total. The van der Waals surface area contributed by atoms with Gasteiger partial charge in [0.1, 0.15) is 6.26 Å². The third-order valence-corrected chi connectivity index (χ3v) is 3.73. The Morgan fingerprint density at radius 3 is 2.90 bits per heavy atom. The molecule has 0 fully saturated rings. The maximum Gasteiger partial charge on any atom is 0.437 e. The molecule has 0 aromatic carbocycles. The Hall–Kier alpha value is -2.23. The van der Waals surface area contributed by atoms with Gasteiger partial charge in [0.15, 0.2) is 10.5 Å². The minimum Gasteiger partial charge on any atom is -0.364 e. The first-order valence-corrected chi connectivity index (χ1v) is 6.47. The second kappa shape index (κ2) is 4.65. The first-order chi connectivity index (χ1) is 9.88. The van der Waals surface area contributed by atoms with E-state index in [4.69, 9.17) is 0 Å². The molecule has 0 saturated heterocycles.